The summed E-state index contributed by atoms with van der Waals surface area (Å²) in [4.78, 5) is 4.61. The molecule has 0 bridgehead atoms. The van der Waals surface area contributed by atoms with E-state index in [4.69, 9.17) is 10.2 Å². The van der Waals surface area contributed by atoms with Crippen LogP contribution in [0.2, 0.25) is 0 Å². The number of benzene rings is 1. The monoisotopic (exact) mass is 232 g/mol. The van der Waals surface area contributed by atoms with Gasteiger partial charge in [0, 0.05) is 6.54 Å². The maximum Gasteiger partial charge on any atom is 0.202 e. The highest BCUT2D eigenvalue weighted by atomic mass is 16.3. The Labute approximate surface area is 102 Å². The molecule has 3 heteroatoms. The van der Waals surface area contributed by atoms with Crippen LogP contribution in [0, 0.1) is 6.92 Å². The minimum Gasteiger partial charge on any atom is -0.440 e. The Hall–Kier alpha value is -1.35. The van der Waals surface area contributed by atoms with Gasteiger partial charge >= 0.3 is 0 Å². The van der Waals surface area contributed by atoms with Crippen LogP contribution in [0.1, 0.15) is 38.1 Å². The molecule has 0 aliphatic rings. The summed E-state index contributed by atoms with van der Waals surface area (Å²) in [7, 11) is 0. The first kappa shape index (κ1) is 12.1. The van der Waals surface area contributed by atoms with Crippen LogP contribution in [0.25, 0.3) is 11.1 Å². The number of nitrogens with two attached hydrogens (primary N) is 1. The third kappa shape index (κ3) is 1.95. The van der Waals surface area contributed by atoms with Crippen molar-refractivity contribution in [3.63, 3.8) is 0 Å². The molecule has 1 heterocycles. The maximum absolute atomic E-state index is 5.91. The molecule has 0 unspecified atom stereocenters. The lowest BCUT2D eigenvalue weighted by Gasteiger charge is -2.25. The number of fused-ring (bicyclic) bond motifs is 1. The van der Waals surface area contributed by atoms with Gasteiger partial charge in [0.05, 0.1) is 5.41 Å². The van der Waals surface area contributed by atoms with Crippen molar-refractivity contribution >= 4 is 11.1 Å². The smallest absolute Gasteiger partial charge is 0.202 e. The van der Waals surface area contributed by atoms with Gasteiger partial charge in [0.2, 0.25) is 5.89 Å². The second-order valence-corrected chi connectivity index (χ2v) is 4.68. The lowest BCUT2D eigenvalue weighted by molar-refractivity contribution is 0.316. The van der Waals surface area contributed by atoms with E-state index in [1.807, 2.05) is 12.1 Å². The molecule has 2 N–H and O–H groups in total. The average molecular weight is 232 g/mol. The number of hydrogen-bond donors (Lipinski definition) is 1. The van der Waals surface area contributed by atoms with Crippen LogP contribution < -0.4 is 5.73 Å². The van der Waals surface area contributed by atoms with Crippen LogP contribution in [-0.2, 0) is 5.41 Å². The zero-order chi connectivity index (χ0) is 12.5. The molecule has 0 spiro atoms. The molecule has 0 aliphatic carbocycles. The van der Waals surface area contributed by atoms with Crippen LogP contribution >= 0.6 is 0 Å². The molecule has 0 radical (unpaired) electrons. The molecule has 0 saturated heterocycles. The van der Waals surface area contributed by atoms with Crippen molar-refractivity contribution < 1.29 is 4.42 Å². The molecule has 2 rings (SSSR count). The van der Waals surface area contributed by atoms with Crippen molar-refractivity contribution in [1.82, 2.24) is 4.98 Å². The van der Waals surface area contributed by atoms with Gasteiger partial charge in [0.15, 0.2) is 5.58 Å². The summed E-state index contributed by atoms with van der Waals surface area (Å²) in [5.74, 6) is 0.783. The van der Waals surface area contributed by atoms with E-state index in [9.17, 15) is 0 Å². The van der Waals surface area contributed by atoms with Crippen LogP contribution in [0.4, 0.5) is 0 Å². The highest BCUT2D eigenvalue weighted by Gasteiger charge is 2.32. The summed E-state index contributed by atoms with van der Waals surface area (Å²) < 4.78 is 5.87. The second-order valence-electron chi connectivity index (χ2n) is 4.68. The van der Waals surface area contributed by atoms with E-state index in [-0.39, 0.29) is 5.41 Å². The molecule has 2 aromatic rings. The molecule has 1 aromatic carbocycles. The summed E-state index contributed by atoms with van der Waals surface area (Å²) in [5.41, 5.74) is 8.77. The number of nitrogens with zero attached hydrogens (tertiary/aromatic N) is 1. The topological polar surface area (TPSA) is 52.0 Å². The van der Waals surface area contributed by atoms with Gasteiger partial charge in [0.25, 0.3) is 0 Å². The van der Waals surface area contributed by atoms with Crippen molar-refractivity contribution in [1.29, 1.82) is 0 Å². The summed E-state index contributed by atoms with van der Waals surface area (Å²) in [6.45, 7) is 6.91. The fraction of sp³-hybridized carbons (Fsp3) is 0.500. The minimum atomic E-state index is -0.118. The average Bonchev–Trinajstić information content (AvgIpc) is 2.75. The number of rotatable bonds is 4. The fourth-order valence-electron chi connectivity index (χ4n) is 2.19. The van der Waals surface area contributed by atoms with Crippen molar-refractivity contribution in [3.8, 4) is 0 Å². The highest BCUT2D eigenvalue weighted by Crippen LogP contribution is 2.32. The Morgan fingerprint density at radius 2 is 2.00 bits per heavy atom. The van der Waals surface area contributed by atoms with Crippen molar-refractivity contribution in [2.75, 3.05) is 6.54 Å². The molecule has 3 nitrogen and oxygen atoms in total. The second kappa shape index (κ2) is 4.49. The predicted octanol–water partition coefficient (Wildman–Crippen LogP) is 3.15. The van der Waals surface area contributed by atoms with E-state index in [1.165, 1.54) is 5.56 Å². The van der Waals surface area contributed by atoms with Crippen LogP contribution in [0.5, 0.6) is 0 Å². The normalized spacial score (nSPS) is 12.2. The summed E-state index contributed by atoms with van der Waals surface area (Å²) >= 11 is 0. The van der Waals surface area contributed by atoms with Crippen molar-refractivity contribution in [2.24, 2.45) is 5.73 Å². The zero-order valence-electron chi connectivity index (χ0n) is 10.8. The standard InChI is InChI=1S/C14H20N2O/c1-4-14(5-2,9-15)13-16-11-8-10(3)6-7-12(11)17-13/h6-8H,4-5,9,15H2,1-3H3. The lowest BCUT2D eigenvalue weighted by Crippen LogP contribution is -2.34. The molecule has 0 fully saturated rings. The Morgan fingerprint density at radius 3 is 2.59 bits per heavy atom. The number of aryl methyl sites for hydroxylation is 1. The lowest BCUT2D eigenvalue weighted by atomic mass is 9.82. The molecule has 0 amide bonds. The number of hydrogen-bond acceptors (Lipinski definition) is 3. The quantitative estimate of drug-likeness (QED) is 0.881. The van der Waals surface area contributed by atoms with Crippen molar-refractivity contribution in [2.45, 2.75) is 39.0 Å². The largest absolute Gasteiger partial charge is 0.440 e. The van der Waals surface area contributed by atoms with Crippen molar-refractivity contribution in [3.05, 3.63) is 29.7 Å². The van der Waals surface area contributed by atoms with E-state index >= 15 is 0 Å². The van der Waals surface area contributed by atoms with E-state index in [0.717, 1.165) is 29.8 Å². The Morgan fingerprint density at radius 1 is 1.29 bits per heavy atom. The van der Waals surface area contributed by atoms with E-state index in [2.05, 4.69) is 31.8 Å². The number of oxazole rings is 1. The maximum atomic E-state index is 5.91. The molecule has 0 saturated carbocycles. The molecule has 0 aliphatic heterocycles. The molecular formula is C14H20N2O. The van der Waals surface area contributed by atoms with Crippen LogP contribution in [0.3, 0.4) is 0 Å². The molecule has 0 atom stereocenters. The first-order valence-corrected chi connectivity index (χ1v) is 6.23. The van der Waals surface area contributed by atoms with E-state index in [0.29, 0.717) is 6.54 Å². The van der Waals surface area contributed by atoms with Gasteiger partial charge in [-0.15, -0.1) is 0 Å². The minimum absolute atomic E-state index is 0.118. The van der Waals surface area contributed by atoms with Crippen LogP contribution in [-0.4, -0.2) is 11.5 Å². The summed E-state index contributed by atoms with van der Waals surface area (Å²) in [6.07, 6.45) is 1.90. The Kier molecular flexibility index (Phi) is 3.20. The third-order valence-electron chi connectivity index (χ3n) is 3.74. The van der Waals surface area contributed by atoms with Gasteiger partial charge in [-0.25, -0.2) is 4.98 Å². The van der Waals surface area contributed by atoms with E-state index < -0.39 is 0 Å². The zero-order valence-corrected chi connectivity index (χ0v) is 10.8. The van der Waals surface area contributed by atoms with E-state index in [1.54, 1.807) is 0 Å². The molecular weight excluding hydrogens is 212 g/mol. The summed E-state index contributed by atoms with van der Waals surface area (Å²) in [5, 5.41) is 0. The van der Waals surface area contributed by atoms with Gasteiger partial charge < -0.3 is 10.2 Å². The first-order chi connectivity index (χ1) is 8.15. The third-order valence-corrected chi connectivity index (χ3v) is 3.74. The van der Waals surface area contributed by atoms with Gasteiger partial charge in [-0.3, -0.25) is 0 Å². The number of aromatic nitrogens is 1. The highest BCUT2D eigenvalue weighted by molar-refractivity contribution is 5.73. The Balaban J connectivity index is 2.55. The first-order valence-electron chi connectivity index (χ1n) is 6.23. The molecule has 1 aromatic heterocycles. The van der Waals surface area contributed by atoms with Gasteiger partial charge in [-0.1, -0.05) is 19.9 Å². The van der Waals surface area contributed by atoms with Gasteiger partial charge in [0.1, 0.15) is 5.52 Å². The van der Waals surface area contributed by atoms with Gasteiger partial charge in [-0.2, -0.15) is 0 Å². The fourth-order valence-corrected chi connectivity index (χ4v) is 2.19. The summed E-state index contributed by atoms with van der Waals surface area (Å²) in [6, 6.07) is 6.07. The predicted molar refractivity (Wildman–Crippen MR) is 70.1 cm³/mol. The van der Waals surface area contributed by atoms with Gasteiger partial charge in [-0.05, 0) is 37.5 Å². The Bertz CT molecular complexity index is 504. The molecule has 92 valence electrons. The molecule has 17 heavy (non-hydrogen) atoms. The van der Waals surface area contributed by atoms with Crippen LogP contribution in [0.15, 0.2) is 22.6 Å². The SMILES string of the molecule is CCC(CC)(CN)c1nc2cc(C)ccc2o1.